The van der Waals surface area contributed by atoms with Crippen LogP contribution in [0.15, 0.2) is 12.2 Å². The van der Waals surface area contributed by atoms with Crippen molar-refractivity contribution in [2.75, 3.05) is 20.3 Å². The molecule has 0 N–H and O–H groups in total. The van der Waals surface area contributed by atoms with Crippen LogP contribution in [0.25, 0.3) is 0 Å². The minimum absolute atomic E-state index is 0.0637. The second-order valence-corrected chi connectivity index (χ2v) is 8.99. The standard InChI is InChI=1S/C9H17INP/c1-9(2)11(3)7-5-6-8(10)12(9)4/h5-6,8H,7H2,1-4H3. The number of hydrogen-bond acceptors (Lipinski definition) is 1. The van der Waals surface area contributed by atoms with Crippen LogP contribution in [0.3, 0.4) is 0 Å². The molecule has 0 radical (unpaired) electrons. The summed E-state index contributed by atoms with van der Waals surface area (Å²) < 4.78 is 0.734. The van der Waals surface area contributed by atoms with Gasteiger partial charge in [0.1, 0.15) is 0 Å². The van der Waals surface area contributed by atoms with E-state index in [1.54, 1.807) is 0 Å². The number of hydrogen-bond donors (Lipinski definition) is 0. The first-order chi connectivity index (χ1) is 5.46. The zero-order valence-electron chi connectivity index (χ0n) is 8.21. The quantitative estimate of drug-likeness (QED) is 0.287. The lowest BCUT2D eigenvalue weighted by atomic mass is 10.3. The molecule has 2 unspecified atom stereocenters. The molecule has 2 atom stereocenters. The van der Waals surface area contributed by atoms with E-state index in [4.69, 9.17) is 0 Å². The molecule has 1 aliphatic rings. The first-order valence-corrected chi connectivity index (χ1v) is 7.31. The first kappa shape index (κ1) is 10.9. The molecule has 1 nitrogen and oxygen atoms in total. The Morgan fingerprint density at radius 1 is 1.58 bits per heavy atom. The SMILES string of the molecule is CN1CC=CC(I)P(C)C1(C)C. The van der Waals surface area contributed by atoms with E-state index in [-0.39, 0.29) is 7.92 Å². The summed E-state index contributed by atoms with van der Waals surface area (Å²) in [5.74, 6) is 0. The van der Waals surface area contributed by atoms with Crippen molar-refractivity contribution >= 4 is 30.5 Å². The number of nitrogens with zero attached hydrogens (tertiary/aromatic N) is 1. The van der Waals surface area contributed by atoms with Crippen molar-refractivity contribution in [1.82, 2.24) is 4.90 Å². The smallest absolute Gasteiger partial charge is 0.0503 e. The highest BCUT2D eigenvalue weighted by Gasteiger charge is 2.34. The van der Waals surface area contributed by atoms with E-state index in [2.05, 4.69) is 67.2 Å². The van der Waals surface area contributed by atoms with Crippen LogP contribution in [-0.4, -0.2) is 34.1 Å². The highest BCUT2D eigenvalue weighted by molar-refractivity contribution is 14.1. The molecule has 0 aliphatic carbocycles. The molecule has 1 aliphatic heterocycles. The Hall–Kier alpha value is 0.860. The van der Waals surface area contributed by atoms with Crippen molar-refractivity contribution in [2.45, 2.75) is 22.8 Å². The second-order valence-electron chi connectivity index (χ2n) is 3.79. The molecule has 12 heavy (non-hydrogen) atoms. The summed E-state index contributed by atoms with van der Waals surface area (Å²) in [4.78, 5) is 2.45. The lowest BCUT2D eigenvalue weighted by Crippen LogP contribution is -2.39. The Bertz CT molecular complexity index is 191. The van der Waals surface area contributed by atoms with Crippen molar-refractivity contribution in [1.29, 1.82) is 0 Å². The van der Waals surface area contributed by atoms with Gasteiger partial charge in [-0.2, -0.15) is 0 Å². The zero-order chi connectivity index (χ0) is 9.35. The van der Waals surface area contributed by atoms with Crippen molar-refractivity contribution in [2.24, 2.45) is 0 Å². The minimum Gasteiger partial charge on any atom is -0.294 e. The third-order valence-corrected chi connectivity index (χ3v) is 8.74. The minimum atomic E-state index is 0.0637. The molecule has 0 fully saturated rings. The number of alkyl halides is 1. The van der Waals surface area contributed by atoms with E-state index in [1.807, 2.05) is 0 Å². The van der Waals surface area contributed by atoms with Gasteiger partial charge >= 0.3 is 0 Å². The Kier molecular flexibility index (Phi) is 3.58. The maximum Gasteiger partial charge on any atom is 0.0503 e. The molecule has 0 saturated heterocycles. The van der Waals surface area contributed by atoms with Gasteiger partial charge in [0, 0.05) is 11.8 Å². The number of rotatable bonds is 0. The molecule has 1 rings (SSSR count). The van der Waals surface area contributed by atoms with Gasteiger partial charge in [-0.15, -0.1) is 0 Å². The molecule has 0 aromatic carbocycles. The highest BCUT2D eigenvalue weighted by Crippen LogP contribution is 2.55. The summed E-state index contributed by atoms with van der Waals surface area (Å²) in [6, 6.07) is 0. The van der Waals surface area contributed by atoms with E-state index in [9.17, 15) is 0 Å². The number of halogens is 1. The van der Waals surface area contributed by atoms with Crippen LogP contribution in [0.2, 0.25) is 0 Å². The summed E-state index contributed by atoms with van der Waals surface area (Å²) in [5, 5.41) is 0.380. The lowest BCUT2D eigenvalue weighted by Gasteiger charge is -2.40. The van der Waals surface area contributed by atoms with Crippen LogP contribution in [0, 0.1) is 0 Å². The van der Waals surface area contributed by atoms with Gasteiger partial charge in [0.25, 0.3) is 0 Å². The van der Waals surface area contributed by atoms with E-state index >= 15 is 0 Å². The number of allylic oxidation sites excluding steroid dienone is 1. The molecule has 3 heteroatoms. The van der Waals surface area contributed by atoms with Crippen LogP contribution in [0.1, 0.15) is 13.8 Å². The fourth-order valence-electron chi connectivity index (χ4n) is 1.25. The third kappa shape index (κ3) is 2.02. The lowest BCUT2D eigenvalue weighted by molar-refractivity contribution is 0.265. The Morgan fingerprint density at radius 2 is 2.17 bits per heavy atom. The van der Waals surface area contributed by atoms with E-state index < -0.39 is 0 Å². The zero-order valence-corrected chi connectivity index (χ0v) is 11.3. The van der Waals surface area contributed by atoms with Gasteiger partial charge in [0.15, 0.2) is 0 Å². The predicted molar refractivity (Wildman–Crippen MR) is 66.5 cm³/mol. The summed E-state index contributed by atoms with van der Waals surface area (Å²) in [6.07, 6.45) is 4.65. The summed E-state index contributed by atoms with van der Waals surface area (Å²) in [7, 11) is 2.28. The monoisotopic (exact) mass is 297 g/mol. The second kappa shape index (κ2) is 3.93. The summed E-state index contributed by atoms with van der Waals surface area (Å²) in [5.41, 5.74) is 0. The number of likely N-dealkylation sites (N-methyl/N-ethyl adjacent to an activating group) is 1. The Morgan fingerprint density at radius 3 is 2.75 bits per heavy atom. The van der Waals surface area contributed by atoms with Crippen LogP contribution >= 0.6 is 30.5 Å². The van der Waals surface area contributed by atoms with E-state index in [0.29, 0.717) is 5.28 Å². The average Bonchev–Trinajstić information content (AvgIpc) is 2.07. The molecule has 0 aromatic heterocycles. The van der Waals surface area contributed by atoms with Gasteiger partial charge in [-0.1, -0.05) is 42.7 Å². The fourth-order valence-corrected chi connectivity index (χ4v) is 5.20. The van der Waals surface area contributed by atoms with Gasteiger partial charge in [0.05, 0.1) is 3.67 Å². The molecule has 0 aromatic rings. The predicted octanol–water partition coefficient (Wildman–Crippen LogP) is 3.10. The normalized spacial score (nSPS) is 36.4. The maximum absolute atomic E-state index is 2.56. The Labute approximate surface area is 90.5 Å². The molecule has 0 amide bonds. The fraction of sp³-hybridized carbons (Fsp3) is 0.778. The molecule has 0 saturated carbocycles. The topological polar surface area (TPSA) is 3.24 Å². The summed E-state index contributed by atoms with van der Waals surface area (Å²) in [6.45, 7) is 8.21. The maximum atomic E-state index is 2.56. The molecule has 0 bridgehead atoms. The largest absolute Gasteiger partial charge is 0.294 e. The summed E-state index contributed by atoms with van der Waals surface area (Å²) >= 11 is 2.56. The van der Waals surface area contributed by atoms with Gasteiger partial charge in [-0.25, -0.2) is 0 Å². The molecule has 0 spiro atoms. The van der Waals surface area contributed by atoms with Gasteiger partial charge in [-0.3, -0.25) is 4.90 Å². The van der Waals surface area contributed by atoms with Crippen LogP contribution in [0.4, 0.5) is 0 Å². The third-order valence-electron chi connectivity index (χ3n) is 2.84. The van der Waals surface area contributed by atoms with Gasteiger partial charge < -0.3 is 0 Å². The van der Waals surface area contributed by atoms with E-state index in [0.717, 1.165) is 10.2 Å². The molecule has 70 valence electrons. The van der Waals surface area contributed by atoms with Crippen LogP contribution in [0.5, 0.6) is 0 Å². The highest BCUT2D eigenvalue weighted by atomic mass is 127. The van der Waals surface area contributed by atoms with Gasteiger partial charge in [-0.05, 0) is 27.6 Å². The van der Waals surface area contributed by atoms with Crippen LogP contribution < -0.4 is 0 Å². The van der Waals surface area contributed by atoms with Crippen LogP contribution in [-0.2, 0) is 0 Å². The first-order valence-electron chi connectivity index (χ1n) is 4.21. The van der Waals surface area contributed by atoms with Crippen molar-refractivity contribution in [3.8, 4) is 0 Å². The molecule has 1 heterocycles. The van der Waals surface area contributed by atoms with Crippen molar-refractivity contribution in [3.63, 3.8) is 0 Å². The van der Waals surface area contributed by atoms with Crippen molar-refractivity contribution < 1.29 is 0 Å². The van der Waals surface area contributed by atoms with Gasteiger partial charge in [0.2, 0.25) is 0 Å². The van der Waals surface area contributed by atoms with Crippen molar-refractivity contribution in [3.05, 3.63) is 12.2 Å². The molecular weight excluding hydrogens is 280 g/mol. The average molecular weight is 297 g/mol. The molecular formula is C9H17INP. The van der Waals surface area contributed by atoms with E-state index in [1.165, 1.54) is 0 Å². The Balaban J connectivity index is 2.86.